The molecule has 0 bridgehead atoms. The van der Waals surface area contributed by atoms with Crippen LogP contribution in [0.15, 0.2) is 36.8 Å². The zero-order chi connectivity index (χ0) is 10.6. The number of likely N-dealkylation sites (tertiary alicyclic amines) is 1. The van der Waals surface area contributed by atoms with E-state index in [9.17, 15) is 4.39 Å². The van der Waals surface area contributed by atoms with E-state index < -0.39 is 5.83 Å². The van der Waals surface area contributed by atoms with Crippen LogP contribution in [-0.4, -0.2) is 31.1 Å². The summed E-state index contributed by atoms with van der Waals surface area (Å²) in [5, 5.41) is 3.22. The largest absolute Gasteiger partial charge is 0.370 e. The Morgan fingerprint density at radius 1 is 1.50 bits per heavy atom. The van der Waals surface area contributed by atoms with E-state index in [4.69, 9.17) is 0 Å². The van der Waals surface area contributed by atoms with Crippen molar-refractivity contribution in [3.8, 4) is 0 Å². The van der Waals surface area contributed by atoms with Gasteiger partial charge in [-0.3, -0.25) is 0 Å². The summed E-state index contributed by atoms with van der Waals surface area (Å²) in [6.07, 6.45) is 4.12. The molecule has 1 saturated heterocycles. The van der Waals surface area contributed by atoms with Gasteiger partial charge in [-0.25, -0.2) is 4.39 Å². The number of nitrogens with zero attached hydrogens (tertiary/aromatic N) is 1. The van der Waals surface area contributed by atoms with Gasteiger partial charge in [0.1, 0.15) is 5.83 Å². The molecule has 1 heterocycles. The second-order valence-corrected chi connectivity index (χ2v) is 3.49. The molecule has 0 saturated carbocycles. The van der Waals surface area contributed by atoms with Crippen molar-refractivity contribution in [1.29, 1.82) is 0 Å². The Morgan fingerprint density at radius 3 is 2.71 bits per heavy atom. The first-order valence-electron chi connectivity index (χ1n) is 4.77. The summed E-state index contributed by atoms with van der Waals surface area (Å²) in [5.74, 6) is -0.435. The molecule has 0 aromatic carbocycles. The lowest BCUT2D eigenvalue weighted by molar-refractivity contribution is 0.426. The maximum Gasteiger partial charge on any atom is 0.116 e. The molecule has 1 rings (SSSR count). The molecule has 1 N–H and O–H groups in total. The van der Waals surface area contributed by atoms with E-state index in [0.29, 0.717) is 6.04 Å². The van der Waals surface area contributed by atoms with Crippen LogP contribution in [0, 0.1) is 0 Å². The zero-order valence-corrected chi connectivity index (χ0v) is 8.59. The Hall–Kier alpha value is -1.09. The van der Waals surface area contributed by atoms with Gasteiger partial charge in [-0.2, -0.15) is 0 Å². The van der Waals surface area contributed by atoms with Crippen LogP contribution in [0.4, 0.5) is 4.39 Å². The van der Waals surface area contributed by atoms with Gasteiger partial charge in [0, 0.05) is 24.8 Å². The van der Waals surface area contributed by atoms with Gasteiger partial charge in [0.2, 0.25) is 0 Å². The van der Waals surface area contributed by atoms with E-state index in [2.05, 4.69) is 23.4 Å². The smallest absolute Gasteiger partial charge is 0.116 e. The Balaban J connectivity index is 2.43. The molecular weight excluding hydrogens is 179 g/mol. The molecule has 0 aliphatic carbocycles. The number of halogens is 1. The van der Waals surface area contributed by atoms with Crippen molar-refractivity contribution in [2.45, 2.75) is 12.5 Å². The molecular formula is C11H17FN2. The standard InChI is InChI=1S/C11H17FN2/c1-9(12)4-5-10(2)14-7-6-11(8-14)13-3/h4-5,11,13H,1-2,6-8H2,3H3/b5-4-. The second-order valence-electron chi connectivity index (χ2n) is 3.49. The van der Waals surface area contributed by atoms with Crippen molar-refractivity contribution in [2.24, 2.45) is 0 Å². The number of hydrogen-bond donors (Lipinski definition) is 1. The third-order valence-corrected chi connectivity index (χ3v) is 2.46. The Bertz CT molecular complexity index is 258. The van der Waals surface area contributed by atoms with Gasteiger partial charge in [0.05, 0.1) is 0 Å². The molecule has 1 aliphatic heterocycles. The van der Waals surface area contributed by atoms with E-state index in [0.717, 1.165) is 25.2 Å². The van der Waals surface area contributed by atoms with Crippen LogP contribution in [0.3, 0.4) is 0 Å². The third kappa shape index (κ3) is 3.00. The summed E-state index contributed by atoms with van der Waals surface area (Å²) in [6, 6.07) is 0.522. The van der Waals surface area contributed by atoms with Gasteiger partial charge < -0.3 is 10.2 Å². The quantitative estimate of drug-likeness (QED) is 0.690. The highest BCUT2D eigenvalue weighted by atomic mass is 19.1. The summed E-state index contributed by atoms with van der Waals surface area (Å²) >= 11 is 0. The molecule has 3 heteroatoms. The lowest BCUT2D eigenvalue weighted by Crippen LogP contribution is -2.28. The number of allylic oxidation sites excluding steroid dienone is 3. The minimum absolute atomic E-state index is 0.435. The molecule has 1 fully saturated rings. The fourth-order valence-electron chi connectivity index (χ4n) is 1.55. The maximum atomic E-state index is 12.3. The van der Waals surface area contributed by atoms with Crippen LogP contribution in [0.5, 0.6) is 0 Å². The van der Waals surface area contributed by atoms with E-state index in [1.165, 1.54) is 6.08 Å². The molecule has 0 spiro atoms. The Morgan fingerprint density at radius 2 is 2.21 bits per heavy atom. The van der Waals surface area contributed by atoms with Crippen molar-refractivity contribution in [3.63, 3.8) is 0 Å². The van der Waals surface area contributed by atoms with E-state index in [-0.39, 0.29) is 0 Å². The van der Waals surface area contributed by atoms with Gasteiger partial charge >= 0.3 is 0 Å². The lowest BCUT2D eigenvalue weighted by Gasteiger charge is -2.18. The number of likely N-dealkylation sites (N-methyl/N-ethyl adjacent to an activating group) is 1. The van der Waals surface area contributed by atoms with Gasteiger partial charge in [0.25, 0.3) is 0 Å². The first-order chi connectivity index (χ1) is 6.63. The second kappa shape index (κ2) is 4.96. The van der Waals surface area contributed by atoms with Crippen molar-refractivity contribution < 1.29 is 4.39 Å². The summed E-state index contributed by atoms with van der Waals surface area (Å²) in [6.45, 7) is 8.96. The normalized spacial score (nSPS) is 21.9. The highest BCUT2D eigenvalue weighted by Gasteiger charge is 2.20. The monoisotopic (exact) mass is 196 g/mol. The molecule has 0 amide bonds. The highest BCUT2D eigenvalue weighted by molar-refractivity contribution is 5.21. The summed E-state index contributed by atoms with van der Waals surface area (Å²) in [5.41, 5.74) is 0.849. The van der Waals surface area contributed by atoms with Crippen molar-refractivity contribution >= 4 is 0 Å². The van der Waals surface area contributed by atoms with Crippen LogP contribution in [-0.2, 0) is 0 Å². The lowest BCUT2D eigenvalue weighted by atomic mass is 10.3. The maximum absolute atomic E-state index is 12.3. The van der Waals surface area contributed by atoms with Crippen LogP contribution in [0.1, 0.15) is 6.42 Å². The van der Waals surface area contributed by atoms with Crippen molar-refractivity contribution in [3.05, 3.63) is 36.8 Å². The number of nitrogens with one attached hydrogen (secondary N) is 1. The molecule has 14 heavy (non-hydrogen) atoms. The molecule has 1 unspecified atom stereocenters. The third-order valence-electron chi connectivity index (χ3n) is 2.46. The van der Waals surface area contributed by atoms with E-state index >= 15 is 0 Å². The molecule has 1 aliphatic rings. The molecule has 0 radical (unpaired) electrons. The molecule has 2 nitrogen and oxygen atoms in total. The summed E-state index contributed by atoms with van der Waals surface area (Å²) < 4.78 is 12.3. The van der Waals surface area contributed by atoms with Crippen LogP contribution < -0.4 is 5.32 Å². The van der Waals surface area contributed by atoms with Crippen molar-refractivity contribution in [1.82, 2.24) is 10.2 Å². The Labute approximate surface area is 84.8 Å². The molecule has 1 atom stereocenters. The summed E-state index contributed by atoms with van der Waals surface area (Å²) in [7, 11) is 1.95. The first-order valence-corrected chi connectivity index (χ1v) is 4.77. The van der Waals surface area contributed by atoms with Crippen LogP contribution >= 0.6 is 0 Å². The summed E-state index contributed by atoms with van der Waals surface area (Å²) in [4.78, 5) is 2.14. The minimum atomic E-state index is -0.435. The fourth-order valence-corrected chi connectivity index (χ4v) is 1.55. The van der Waals surface area contributed by atoms with Crippen LogP contribution in [0.2, 0.25) is 0 Å². The topological polar surface area (TPSA) is 15.3 Å². The average molecular weight is 196 g/mol. The van der Waals surface area contributed by atoms with Gasteiger partial charge in [-0.1, -0.05) is 13.2 Å². The predicted octanol–water partition coefficient (Wildman–Crippen LogP) is 1.83. The SMILES string of the molecule is C=C(F)/C=C\C(=C)N1CCC(NC)C1. The minimum Gasteiger partial charge on any atom is -0.370 e. The van der Waals surface area contributed by atoms with Crippen molar-refractivity contribution in [2.75, 3.05) is 20.1 Å². The molecule has 78 valence electrons. The van der Waals surface area contributed by atoms with Gasteiger partial charge in [-0.05, 0) is 25.6 Å². The van der Waals surface area contributed by atoms with Crippen LogP contribution in [0.25, 0.3) is 0 Å². The fraction of sp³-hybridized carbons (Fsp3) is 0.455. The van der Waals surface area contributed by atoms with E-state index in [1.807, 2.05) is 7.05 Å². The predicted molar refractivity (Wildman–Crippen MR) is 57.6 cm³/mol. The average Bonchev–Trinajstić information content (AvgIpc) is 2.62. The zero-order valence-electron chi connectivity index (χ0n) is 8.59. The first kappa shape index (κ1) is 11.0. The molecule has 0 aromatic heterocycles. The highest BCUT2D eigenvalue weighted by Crippen LogP contribution is 2.15. The van der Waals surface area contributed by atoms with Gasteiger partial charge in [0.15, 0.2) is 0 Å². The number of rotatable bonds is 4. The Kier molecular flexibility index (Phi) is 3.89. The van der Waals surface area contributed by atoms with E-state index in [1.54, 1.807) is 6.08 Å². The molecule has 0 aromatic rings. The number of hydrogen-bond acceptors (Lipinski definition) is 2. The van der Waals surface area contributed by atoms with Gasteiger partial charge in [-0.15, -0.1) is 0 Å².